The van der Waals surface area contributed by atoms with Crippen molar-refractivity contribution in [3.05, 3.63) is 164 Å². The number of nitrogens with zero attached hydrogens (tertiary/aromatic N) is 5. The van der Waals surface area contributed by atoms with Gasteiger partial charge in [-0.2, -0.15) is 9.97 Å². The average Bonchev–Trinajstić information content (AvgIpc) is 3.66. The number of hydrogen-bond donors (Lipinski definition) is 0. The molecular formula is C43H27N5. The maximum Gasteiger partial charge on any atom is 0.238 e. The number of rotatable bonds is 4. The number of hydrogen-bond acceptors (Lipinski definition) is 3. The summed E-state index contributed by atoms with van der Waals surface area (Å²) < 4.78 is 4.61. The Morgan fingerprint density at radius 2 is 0.833 bits per heavy atom. The van der Waals surface area contributed by atoms with Crippen LogP contribution in [0.4, 0.5) is 0 Å². The van der Waals surface area contributed by atoms with E-state index in [-0.39, 0.29) is 0 Å². The van der Waals surface area contributed by atoms with Crippen molar-refractivity contribution in [3.63, 3.8) is 0 Å². The average molecular weight is 614 g/mol. The largest absolute Gasteiger partial charge is 0.309 e. The van der Waals surface area contributed by atoms with E-state index >= 15 is 0 Å². The second-order valence-corrected chi connectivity index (χ2v) is 12.1. The van der Waals surface area contributed by atoms with E-state index in [9.17, 15) is 0 Å². The Bertz CT molecular complexity index is 2770. The van der Waals surface area contributed by atoms with Crippen LogP contribution in [-0.2, 0) is 0 Å². The molecular weight excluding hydrogens is 587 g/mol. The van der Waals surface area contributed by atoms with Gasteiger partial charge in [0.2, 0.25) is 5.95 Å². The van der Waals surface area contributed by atoms with Gasteiger partial charge >= 0.3 is 0 Å². The lowest BCUT2D eigenvalue weighted by Crippen LogP contribution is -2.06. The molecule has 5 heteroatoms. The summed E-state index contributed by atoms with van der Waals surface area (Å²) in [5.41, 5.74) is 7.42. The Morgan fingerprint density at radius 1 is 0.333 bits per heavy atom. The molecule has 0 N–H and O–H groups in total. The molecule has 48 heavy (non-hydrogen) atoms. The monoisotopic (exact) mass is 613 g/mol. The zero-order valence-corrected chi connectivity index (χ0v) is 25.8. The third kappa shape index (κ3) is 4.01. The van der Waals surface area contributed by atoms with Gasteiger partial charge in [-0.15, -0.1) is 0 Å². The topological polar surface area (TPSA) is 48.5 Å². The second-order valence-electron chi connectivity index (χ2n) is 12.1. The van der Waals surface area contributed by atoms with Gasteiger partial charge in [0.1, 0.15) is 0 Å². The second kappa shape index (κ2) is 10.5. The highest BCUT2D eigenvalue weighted by Gasteiger charge is 2.21. The molecule has 0 aliphatic heterocycles. The maximum atomic E-state index is 5.15. The highest BCUT2D eigenvalue weighted by atomic mass is 15.2. The van der Waals surface area contributed by atoms with Crippen LogP contribution in [0.25, 0.3) is 88.8 Å². The minimum Gasteiger partial charge on any atom is -0.309 e. The molecule has 0 saturated heterocycles. The molecule has 0 spiro atoms. The zero-order valence-electron chi connectivity index (χ0n) is 25.8. The summed E-state index contributed by atoms with van der Waals surface area (Å²) in [6, 6.07) is 57.4. The van der Waals surface area contributed by atoms with Crippen molar-refractivity contribution in [2.75, 3.05) is 0 Å². The summed E-state index contributed by atoms with van der Waals surface area (Å²) >= 11 is 0. The van der Waals surface area contributed by atoms with Crippen LogP contribution >= 0.6 is 0 Å². The third-order valence-corrected chi connectivity index (χ3v) is 9.36. The SMILES string of the molecule is c1ccc(-c2nc(-c3ccccc3)nc(-n3c4ccccc4c4cc5c6ccccc6n(-c6cccc7ccccc67)c5cc43)n2)cc1. The predicted molar refractivity (Wildman–Crippen MR) is 197 cm³/mol. The molecule has 0 unspecified atom stereocenters. The minimum atomic E-state index is 0.584. The van der Waals surface area contributed by atoms with E-state index in [1.54, 1.807) is 0 Å². The number of aromatic nitrogens is 5. The first-order valence-electron chi connectivity index (χ1n) is 16.1. The van der Waals surface area contributed by atoms with Gasteiger partial charge in [-0.05, 0) is 35.7 Å². The molecule has 0 atom stereocenters. The zero-order chi connectivity index (χ0) is 31.6. The maximum absolute atomic E-state index is 5.15. The molecule has 0 aliphatic carbocycles. The van der Waals surface area contributed by atoms with Crippen molar-refractivity contribution in [2.24, 2.45) is 0 Å². The molecule has 0 fully saturated rings. The van der Waals surface area contributed by atoms with Crippen molar-refractivity contribution in [1.29, 1.82) is 0 Å². The molecule has 0 bridgehead atoms. The molecule has 0 aliphatic rings. The fourth-order valence-electron chi connectivity index (χ4n) is 7.21. The lowest BCUT2D eigenvalue weighted by molar-refractivity contribution is 0.953. The lowest BCUT2D eigenvalue weighted by atomic mass is 10.1. The van der Waals surface area contributed by atoms with E-state index < -0.39 is 0 Å². The van der Waals surface area contributed by atoms with Crippen molar-refractivity contribution < 1.29 is 0 Å². The summed E-state index contributed by atoms with van der Waals surface area (Å²) in [6.45, 7) is 0. The predicted octanol–water partition coefficient (Wildman–Crippen LogP) is 10.6. The molecule has 10 rings (SSSR count). The Kier molecular flexibility index (Phi) is 5.81. The molecule has 10 aromatic rings. The fourth-order valence-corrected chi connectivity index (χ4v) is 7.21. The highest BCUT2D eigenvalue weighted by Crippen LogP contribution is 2.40. The first kappa shape index (κ1) is 26.6. The molecule has 0 saturated carbocycles. The number of para-hydroxylation sites is 2. The summed E-state index contributed by atoms with van der Waals surface area (Å²) in [7, 11) is 0. The van der Waals surface area contributed by atoms with Crippen LogP contribution in [-0.4, -0.2) is 24.1 Å². The van der Waals surface area contributed by atoms with Crippen LogP contribution in [0.1, 0.15) is 0 Å². The van der Waals surface area contributed by atoms with Crippen LogP contribution in [0.15, 0.2) is 164 Å². The molecule has 224 valence electrons. The van der Waals surface area contributed by atoms with Crippen molar-refractivity contribution in [3.8, 4) is 34.4 Å². The molecule has 3 heterocycles. The van der Waals surface area contributed by atoms with Crippen LogP contribution in [0, 0.1) is 0 Å². The smallest absolute Gasteiger partial charge is 0.238 e. The van der Waals surface area contributed by atoms with E-state index in [0.717, 1.165) is 44.1 Å². The van der Waals surface area contributed by atoms with E-state index in [1.165, 1.54) is 27.1 Å². The van der Waals surface area contributed by atoms with Gasteiger partial charge in [0, 0.05) is 38.1 Å². The first-order chi connectivity index (χ1) is 23.8. The molecule has 7 aromatic carbocycles. The molecule has 5 nitrogen and oxygen atoms in total. The normalized spacial score (nSPS) is 11.8. The molecule has 0 radical (unpaired) electrons. The highest BCUT2D eigenvalue weighted by molar-refractivity contribution is 6.19. The van der Waals surface area contributed by atoms with Crippen LogP contribution in [0.5, 0.6) is 0 Å². The fraction of sp³-hybridized carbons (Fsp3) is 0. The summed E-state index contributed by atoms with van der Waals surface area (Å²) in [5.74, 6) is 1.86. The first-order valence-corrected chi connectivity index (χ1v) is 16.1. The quantitative estimate of drug-likeness (QED) is 0.198. The van der Waals surface area contributed by atoms with E-state index in [1.807, 2.05) is 60.7 Å². The van der Waals surface area contributed by atoms with Crippen LogP contribution in [0.2, 0.25) is 0 Å². The van der Waals surface area contributed by atoms with Crippen molar-refractivity contribution in [1.82, 2.24) is 24.1 Å². The van der Waals surface area contributed by atoms with Crippen LogP contribution in [0.3, 0.4) is 0 Å². The van der Waals surface area contributed by atoms with E-state index in [4.69, 9.17) is 15.0 Å². The summed E-state index contributed by atoms with van der Waals surface area (Å²) in [6.07, 6.45) is 0. The lowest BCUT2D eigenvalue weighted by Gasteiger charge is -2.13. The Labute approximate surface area is 276 Å². The molecule has 0 amide bonds. The van der Waals surface area contributed by atoms with Crippen molar-refractivity contribution in [2.45, 2.75) is 0 Å². The Hall–Kier alpha value is -6.59. The van der Waals surface area contributed by atoms with Crippen LogP contribution < -0.4 is 0 Å². The number of benzene rings is 7. The standard InChI is InChI=1S/C43H27N5/c1-3-15-29(16-4-1)41-44-42(30-17-5-2-6-18-30)46-43(45-41)48-38-24-12-10-22-33(38)35-26-34-32-21-9-11-23-37(32)47(39(34)27-40(35)48)36-25-13-19-28-14-7-8-20-31(28)36/h1-27H. The van der Waals surface area contributed by atoms with Gasteiger partial charge in [0.25, 0.3) is 0 Å². The molecule has 3 aromatic heterocycles. The van der Waals surface area contributed by atoms with Gasteiger partial charge in [0.15, 0.2) is 11.6 Å². The third-order valence-electron chi connectivity index (χ3n) is 9.36. The van der Waals surface area contributed by atoms with Crippen molar-refractivity contribution >= 4 is 54.4 Å². The van der Waals surface area contributed by atoms with Gasteiger partial charge in [-0.25, -0.2) is 4.98 Å². The minimum absolute atomic E-state index is 0.584. The van der Waals surface area contributed by atoms with E-state index in [0.29, 0.717) is 17.6 Å². The summed E-state index contributed by atoms with van der Waals surface area (Å²) in [4.78, 5) is 15.3. The Morgan fingerprint density at radius 3 is 1.48 bits per heavy atom. The van der Waals surface area contributed by atoms with E-state index in [2.05, 4.69) is 112 Å². The van der Waals surface area contributed by atoms with Gasteiger partial charge in [0.05, 0.1) is 27.8 Å². The van der Waals surface area contributed by atoms with Gasteiger partial charge < -0.3 is 4.57 Å². The summed E-state index contributed by atoms with van der Waals surface area (Å²) in [5, 5.41) is 7.15. The Balaban J connectivity index is 1.34. The van der Waals surface area contributed by atoms with Gasteiger partial charge in [-0.1, -0.05) is 133 Å². The number of fused-ring (bicyclic) bond motifs is 7. The van der Waals surface area contributed by atoms with Gasteiger partial charge in [-0.3, -0.25) is 4.57 Å².